The summed E-state index contributed by atoms with van der Waals surface area (Å²) in [5, 5.41) is 0. The lowest BCUT2D eigenvalue weighted by Crippen LogP contribution is -2.43. The standard InChI is InChI=1S/C11H16O2/c1-6-3-10(12)9-5-8(6)11(13)4-7(9)2/h6-9H,3-5H2,1-2H3/t6-,7+,8-,9-/m1/s1. The molecule has 0 aromatic rings. The van der Waals surface area contributed by atoms with Crippen LogP contribution in [0.4, 0.5) is 0 Å². The van der Waals surface area contributed by atoms with Gasteiger partial charge in [0.15, 0.2) is 0 Å². The maximum Gasteiger partial charge on any atom is 0.136 e. The van der Waals surface area contributed by atoms with Crippen LogP contribution in [0.3, 0.4) is 0 Å². The van der Waals surface area contributed by atoms with Gasteiger partial charge in [-0.15, -0.1) is 0 Å². The van der Waals surface area contributed by atoms with Gasteiger partial charge in [-0.3, -0.25) is 9.59 Å². The number of fused-ring (bicyclic) bond motifs is 2. The van der Waals surface area contributed by atoms with E-state index in [4.69, 9.17) is 0 Å². The van der Waals surface area contributed by atoms with Gasteiger partial charge in [-0.1, -0.05) is 13.8 Å². The Morgan fingerprint density at radius 2 is 1.31 bits per heavy atom. The zero-order valence-corrected chi connectivity index (χ0v) is 8.25. The smallest absolute Gasteiger partial charge is 0.136 e. The summed E-state index contributed by atoms with van der Waals surface area (Å²) in [5.74, 6) is 1.76. The molecule has 0 radical (unpaired) electrons. The van der Waals surface area contributed by atoms with E-state index >= 15 is 0 Å². The van der Waals surface area contributed by atoms with Crippen molar-refractivity contribution in [1.82, 2.24) is 0 Å². The number of carbonyl (C=O) groups is 2. The molecule has 0 saturated heterocycles. The normalized spacial score (nSPS) is 45.1. The number of hydrogen-bond donors (Lipinski definition) is 0. The highest BCUT2D eigenvalue weighted by molar-refractivity contribution is 5.90. The van der Waals surface area contributed by atoms with E-state index in [0.29, 0.717) is 36.2 Å². The van der Waals surface area contributed by atoms with Gasteiger partial charge in [0.05, 0.1) is 0 Å². The molecule has 0 heterocycles. The lowest BCUT2D eigenvalue weighted by molar-refractivity contribution is -0.140. The molecular weight excluding hydrogens is 164 g/mol. The molecule has 2 aliphatic carbocycles. The Labute approximate surface area is 78.7 Å². The topological polar surface area (TPSA) is 34.1 Å². The summed E-state index contributed by atoms with van der Waals surface area (Å²) in [4.78, 5) is 23.2. The van der Waals surface area contributed by atoms with Gasteiger partial charge in [0.25, 0.3) is 0 Å². The summed E-state index contributed by atoms with van der Waals surface area (Å²) in [7, 11) is 0. The van der Waals surface area contributed by atoms with Crippen molar-refractivity contribution in [3.63, 3.8) is 0 Å². The highest BCUT2D eigenvalue weighted by atomic mass is 16.1. The third kappa shape index (κ3) is 1.32. The molecule has 2 saturated carbocycles. The van der Waals surface area contributed by atoms with Crippen LogP contribution < -0.4 is 0 Å². The second-order valence-electron chi connectivity index (χ2n) is 4.74. The first-order chi connectivity index (χ1) is 6.09. The van der Waals surface area contributed by atoms with Crippen molar-refractivity contribution in [3.8, 4) is 0 Å². The number of Topliss-reactive ketones (excluding diaryl/α,β-unsaturated/α-hetero) is 2. The Morgan fingerprint density at radius 3 is 1.69 bits per heavy atom. The Hall–Kier alpha value is -0.660. The first-order valence-electron chi connectivity index (χ1n) is 5.15. The van der Waals surface area contributed by atoms with E-state index in [1.165, 1.54) is 0 Å². The van der Waals surface area contributed by atoms with Gasteiger partial charge in [-0.05, 0) is 18.3 Å². The van der Waals surface area contributed by atoms with E-state index in [2.05, 4.69) is 0 Å². The Bertz CT molecular complexity index is 231. The van der Waals surface area contributed by atoms with Crippen LogP contribution in [0.2, 0.25) is 0 Å². The average molecular weight is 180 g/mol. The molecular formula is C11H16O2. The lowest BCUT2D eigenvalue weighted by atomic mass is 9.62. The van der Waals surface area contributed by atoms with Crippen LogP contribution >= 0.6 is 0 Å². The van der Waals surface area contributed by atoms with Crippen LogP contribution in [0.1, 0.15) is 33.1 Å². The molecule has 0 aromatic carbocycles. The van der Waals surface area contributed by atoms with Crippen LogP contribution in [-0.2, 0) is 9.59 Å². The summed E-state index contributed by atoms with van der Waals surface area (Å²) >= 11 is 0. The number of hydrogen-bond acceptors (Lipinski definition) is 2. The van der Waals surface area contributed by atoms with Crippen molar-refractivity contribution < 1.29 is 9.59 Å². The van der Waals surface area contributed by atoms with Gasteiger partial charge >= 0.3 is 0 Å². The number of ketones is 2. The van der Waals surface area contributed by atoms with Gasteiger partial charge in [0.2, 0.25) is 0 Å². The van der Waals surface area contributed by atoms with Crippen LogP contribution in [0.5, 0.6) is 0 Å². The average Bonchev–Trinajstić information content (AvgIpc) is 2.02. The highest BCUT2D eigenvalue weighted by Gasteiger charge is 2.44. The third-order valence-electron chi connectivity index (χ3n) is 3.76. The minimum absolute atomic E-state index is 0.193. The molecule has 2 bridgehead atoms. The van der Waals surface area contributed by atoms with Crippen LogP contribution in [0, 0.1) is 23.7 Å². The summed E-state index contributed by atoms with van der Waals surface area (Å²) in [6.07, 6.45) is 2.09. The van der Waals surface area contributed by atoms with Crippen molar-refractivity contribution in [3.05, 3.63) is 0 Å². The molecule has 13 heavy (non-hydrogen) atoms. The van der Waals surface area contributed by atoms with E-state index in [1.807, 2.05) is 13.8 Å². The molecule has 2 heteroatoms. The molecule has 2 fully saturated rings. The first kappa shape index (κ1) is 8.92. The fourth-order valence-corrected chi connectivity index (χ4v) is 2.86. The van der Waals surface area contributed by atoms with Crippen molar-refractivity contribution in [2.75, 3.05) is 0 Å². The van der Waals surface area contributed by atoms with E-state index in [9.17, 15) is 9.59 Å². The molecule has 2 aliphatic rings. The summed E-state index contributed by atoms with van der Waals surface area (Å²) in [5.41, 5.74) is 0. The minimum atomic E-state index is 0.193. The SMILES string of the molecule is C[C@@H]1CC(=O)[C@@H]2C[C@H]1C(=O)C[C@@H]2C. The van der Waals surface area contributed by atoms with Crippen LogP contribution in [0.25, 0.3) is 0 Å². The summed E-state index contributed by atoms with van der Waals surface area (Å²) < 4.78 is 0. The van der Waals surface area contributed by atoms with Gasteiger partial charge in [0.1, 0.15) is 11.6 Å². The molecule has 4 atom stereocenters. The van der Waals surface area contributed by atoms with Crippen molar-refractivity contribution in [2.45, 2.75) is 33.1 Å². The minimum Gasteiger partial charge on any atom is -0.299 e. The predicted molar refractivity (Wildman–Crippen MR) is 49.2 cm³/mol. The quantitative estimate of drug-likeness (QED) is 0.570. The van der Waals surface area contributed by atoms with Crippen molar-refractivity contribution >= 4 is 11.6 Å². The first-order valence-corrected chi connectivity index (χ1v) is 5.15. The second kappa shape index (κ2) is 2.93. The zero-order chi connectivity index (χ0) is 9.59. The van der Waals surface area contributed by atoms with Crippen LogP contribution in [0.15, 0.2) is 0 Å². The van der Waals surface area contributed by atoms with E-state index in [-0.39, 0.29) is 11.8 Å². The molecule has 0 spiro atoms. The fraction of sp³-hybridized carbons (Fsp3) is 0.818. The molecule has 2 nitrogen and oxygen atoms in total. The van der Waals surface area contributed by atoms with Crippen molar-refractivity contribution in [1.29, 1.82) is 0 Å². The molecule has 0 aliphatic heterocycles. The molecule has 72 valence electrons. The predicted octanol–water partition coefficient (Wildman–Crippen LogP) is 1.83. The summed E-state index contributed by atoms with van der Waals surface area (Å²) in [6, 6.07) is 0. The second-order valence-corrected chi connectivity index (χ2v) is 4.74. The van der Waals surface area contributed by atoms with E-state index in [1.54, 1.807) is 0 Å². The fourth-order valence-electron chi connectivity index (χ4n) is 2.86. The van der Waals surface area contributed by atoms with Gasteiger partial charge in [0, 0.05) is 24.7 Å². The number of rotatable bonds is 0. The molecule has 0 amide bonds. The van der Waals surface area contributed by atoms with Gasteiger partial charge < -0.3 is 0 Å². The zero-order valence-electron chi connectivity index (χ0n) is 8.25. The van der Waals surface area contributed by atoms with Gasteiger partial charge in [-0.2, -0.15) is 0 Å². The largest absolute Gasteiger partial charge is 0.299 e. The van der Waals surface area contributed by atoms with E-state index in [0.717, 1.165) is 6.42 Å². The molecule has 0 unspecified atom stereocenters. The Balaban J connectivity index is 2.23. The third-order valence-corrected chi connectivity index (χ3v) is 3.76. The Morgan fingerprint density at radius 1 is 0.923 bits per heavy atom. The maximum absolute atomic E-state index is 11.6. The number of carbonyl (C=O) groups excluding carboxylic acids is 2. The van der Waals surface area contributed by atoms with Gasteiger partial charge in [-0.25, -0.2) is 0 Å². The molecule has 0 aromatic heterocycles. The molecule has 0 N–H and O–H groups in total. The molecule has 2 rings (SSSR count). The Kier molecular flexibility index (Phi) is 2.01. The van der Waals surface area contributed by atoms with Crippen molar-refractivity contribution in [2.24, 2.45) is 23.7 Å². The van der Waals surface area contributed by atoms with Crippen LogP contribution in [-0.4, -0.2) is 11.6 Å². The summed E-state index contributed by atoms with van der Waals surface area (Å²) in [6.45, 7) is 4.07. The lowest BCUT2D eigenvalue weighted by Gasteiger charge is -2.40. The maximum atomic E-state index is 11.6. The van der Waals surface area contributed by atoms with E-state index < -0.39 is 0 Å². The monoisotopic (exact) mass is 180 g/mol. The highest BCUT2D eigenvalue weighted by Crippen LogP contribution is 2.41.